The van der Waals surface area contributed by atoms with Crippen LogP contribution in [0.4, 0.5) is 10.1 Å². The van der Waals surface area contributed by atoms with Crippen LogP contribution in [0.1, 0.15) is 12.2 Å². The molecule has 31 heavy (non-hydrogen) atoms. The van der Waals surface area contributed by atoms with Crippen molar-refractivity contribution in [3.63, 3.8) is 0 Å². The van der Waals surface area contributed by atoms with Gasteiger partial charge in [-0.3, -0.25) is 19.7 Å². The van der Waals surface area contributed by atoms with Crippen LogP contribution >= 0.6 is 0 Å². The van der Waals surface area contributed by atoms with E-state index >= 15 is 0 Å². The minimum atomic E-state index is -0.725. The molecule has 0 unspecified atom stereocenters. The molecule has 7 rings (SSSR count). The number of amides is 2. The van der Waals surface area contributed by atoms with E-state index < -0.39 is 16.4 Å². The molecule has 9 heteroatoms. The molecule has 2 heterocycles. The van der Waals surface area contributed by atoms with Crippen molar-refractivity contribution in [1.29, 1.82) is 0 Å². The SMILES string of the molecule is O=C1[C@@H]2[C@H]3C=C[C@@H]([C@@H]4C[C@@H]34)[C@H]2C(=O)N1/N=C\c1ccc(-c2ccc(F)cc2[N+](=O)[O-])o1. The first kappa shape index (κ1) is 18.2. The number of carbonyl (C=O) groups excluding carboxylic acids is 2. The molecule has 4 aliphatic carbocycles. The van der Waals surface area contributed by atoms with Crippen molar-refractivity contribution < 1.29 is 23.3 Å². The molecule has 1 aliphatic heterocycles. The van der Waals surface area contributed by atoms with Gasteiger partial charge in [-0.1, -0.05) is 12.2 Å². The summed E-state index contributed by atoms with van der Waals surface area (Å²) in [6.07, 6.45) is 6.52. The summed E-state index contributed by atoms with van der Waals surface area (Å²) in [6.45, 7) is 0. The zero-order chi connectivity index (χ0) is 21.4. The van der Waals surface area contributed by atoms with Gasteiger partial charge in [0.15, 0.2) is 0 Å². The Labute approximate surface area is 175 Å². The molecule has 2 aromatic rings. The number of halogens is 1. The molecule has 0 N–H and O–H groups in total. The van der Waals surface area contributed by atoms with E-state index in [-0.39, 0.29) is 52.6 Å². The lowest BCUT2D eigenvalue weighted by Gasteiger charge is -2.37. The van der Waals surface area contributed by atoms with Crippen LogP contribution in [0.5, 0.6) is 0 Å². The summed E-state index contributed by atoms with van der Waals surface area (Å²) in [7, 11) is 0. The topological polar surface area (TPSA) is 106 Å². The third-order valence-corrected chi connectivity index (χ3v) is 6.99. The summed E-state index contributed by atoms with van der Waals surface area (Å²) < 4.78 is 19.0. The van der Waals surface area contributed by atoms with Crippen LogP contribution in [0.15, 0.2) is 52.0 Å². The highest BCUT2D eigenvalue weighted by atomic mass is 19.1. The lowest BCUT2D eigenvalue weighted by molar-refractivity contribution is -0.384. The summed E-state index contributed by atoms with van der Waals surface area (Å²) >= 11 is 0. The molecule has 5 aliphatic rings. The number of nitrogens with zero attached hydrogens (tertiary/aromatic N) is 3. The third kappa shape index (κ3) is 2.55. The van der Waals surface area contributed by atoms with Crippen molar-refractivity contribution in [3.05, 3.63) is 64.2 Å². The van der Waals surface area contributed by atoms with E-state index in [9.17, 15) is 24.1 Å². The van der Waals surface area contributed by atoms with E-state index in [1.807, 2.05) is 0 Å². The number of carbonyl (C=O) groups is 2. The molecule has 2 bridgehead atoms. The van der Waals surface area contributed by atoms with E-state index in [0.717, 1.165) is 23.6 Å². The first-order valence-electron chi connectivity index (χ1n) is 10.1. The largest absolute Gasteiger partial charge is 0.455 e. The molecule has 2 saturated carbocycles. The lowest BCUT2D eigenvalue weighted by Crippen LogP contribution is -2.40. The molecule has 1 aromatic heterocycles. The molecule has 0 spiro atoms. The van der Waals surface area contributed by atoms with E-state index in [4.69, 9.17) is 4.42 Å². The van der Waals surface area contributed by atoms with Crippen LogP contribution < -0.4 is 0 Å². The Kier molecular flexibility index (Phi) is 3.63. The molecule has 1 aromatic carbocycles. The number of nitro benzene ring substituents is 1. The van der Waals surface area contributed by atoms with Crippen LogP contribution in [0.3, 0.4) is 0 Å². The van der Waals surface area contributed by atoms with Gasteiger partial charge in [-0.15, -0.1) is 0 Å². The Bertz CT molecular complexity index is 1180. The van der Waals surface area contributed by atoms with Crippen LogP contribution in [0.25, 0.3) is 11.3 Å². The number of hydrogen-bond acceptors (Lipinski definition) is 6. The van der Waals surface area contributed by atoms with Gasteiger partial charge < -0.3 is 4.42 Å². The average molecular weight is 421 g/mol. The molecular formula is C22H16FN3O5. The predicted octanol–water partition coefficient (Wildman–Crippen LogP) is 3.38. The number of hydrazone groups is 1. The Morgan fingerprint density at radius 3 is 2.42 bits per heavy atom. The van der Waals surface area contributed by atoms with Crippen molar-refractivity contribution in [2.24, 2.45) is 40.6 Å². The van der Waals surface area contributed by atoms with Gasteiger partial charge in [-0.2, -0.15) is 10.1 Å². The molecule has 8 nitrogen and oxygen atoms in total. The second kappa shape index (κ2) is 6.19. The summed E-state index contributed by atoms with van der Waals surface area (Å²) in [6, 6.07) is 6.20. The Balaban J connectivity index is 1.26. The minimum Gasteiger partial charge on any atom is -0.455 e. The van der Waals surface area contributed by atoms with Crippen molar-refractivity contribution >= 4 is 23.7 Å². The van der Waals surface area contributed by atoms with Crippen LogP contribution in [0.2, 0.25) is 0 Å². The number of rotatable bonds is 4. The fourth-order valence-electron chi connectivity index (χ4n) is 5.60. The third-order valence-electron chi connectivity index (χ3n) is 6.99. The van der Waals surface area contributed by atoms with Crippen molar-refractivity contribution in [2.75, 3.05) is 0 Å². The van der Waals surface area contributed by atoms with Crippen molar-refractivity contribution in [3.8, 4) is 11.3 Å². The first-order valence-corrected chi connectivity index (χ1v) is 10.1. The summed E-state index contributed by atoms with van der Waals surface area (Å²) in [4.78, 5) is 36.4. The fraction of sp³-hybridized carbons (Fsp3) is 0.318. The van der Waals surface area contributed by atoms with Gasteiger partial charge in [-0.25, -0.2) is 4.39 Å². The number of nitro groups is 1. The summed E-state index contributed by atoms with van der Waals surface area (Å²) in [5.74, 6) is -0.332. The minimum absolute atomic E-state index is 0.117. The maximum atomic E-state index is 13.4. The molecule has 156 valence electrons. The first-order chi connectivity index (χ1) is 14.9. The number of furan rings is 1. The zero-order valence-corrected chi connectivity index (χ0v) is 16.1. The second-order valence-corrected chi connectivity index (χ2v) is 8.51. The maximum absolute atomic E-state index is 13.4. The monoisotopic (exact) mass is 421 g/mol. The Hall–Kier alpha value is -3.62. The normalized spacial score (nSPS) is 32.6. The van der Waals surface area contributed by atoms with E-state index in [1.165, 1.54) is 24.4 Å². The lowest BCUT2D eigenvalue weighted by atomic mass is 9.63. The van der Waals surface area contributed by atoms with Crippen molar-refractivity contribution in [1.82, 2.24) is 5.01 Å². The molecule has 0 radical (unpaired) electrons. The molecule has 1 saturated heterocycles. The van der Waals surface area contributed by atoms with E-state index in [0.29, 0.717) is 11.8 Å². The number of hydrogen-bond donors (Lipinski definition) is 0. The fourth-order valence-corrected chi connectivity index (χ4v) is 5.60. The van der Waals surface area contributed by atoms with Gasteiger partial charge in [0.2, 0.25) is 0 Å². The molecule has 6 atom stereocenters. The van der Waals surface area contributed by atoms with Crippen molar-refractivity contribution in [2.45, 2.75) is 6.42 Å². The number of imide groups is 1. The highest BCUT2D eigenvalue weighted by molar-refractivity contribution is 6.06. The van der Waals surface area contributed by atoms with Gasteiger partial charge in [-0.05, 0) is 54.4 Å². The summed E-state index contributed by atoms with van der Waals surface area (Å²) in [5, 5.41) is 16.2. The summed E-state index contributed by atoms with van der Waals surface area (Å²) in [5.41, 5.74) is -0.305. The predicted molar refractivity (Wildman–Crippen MR) is 105 cm³/mol. The standard InChI is InChI=1S/C22H16FN3O5/c23-10-1-3-14(17(7-10)26(29)30)18-6-2-11(31-18)9-24-25-21(27)19-12-4-5-13(16-8-15(12)16)20(19)22(25)28/h1-7,9,12-13,15-16,19-20H,8H2/b24-9-/t12-,13-,15-,16-,19+,20+/m0/s1. The molecular weight excluding hydrogens is 405 g/mol. The van der Waals surface area contributed by atoms with E-state index in [1.54, 1.807) is 0 Å². The van der Waals surface area contributed by atoms with Gasteiger partial charge in [0.25, 0.3) is 17.5 Å². The highest BCUT2D eigenvalue weighted by Crippen LogP contribution is 2.65. The van der Waals surface area contributed by atoms with Crippen LogP contribution in [-0.4, -0.2) is 28.0 Å². The second-order valence-electron chi connectivity index (χ2n) is 8.51. The average Bonchev–Trinajstić information content (AvgIpc) is 3.39. The number of allylic oxidation sites excluding steroid dienone is 2. The smallest absolute Gasteiger partial charge is 0.283 e. The zero-order valence-electron chi connectivity index (χ0n) is 16.1. The molecule has 2 amide bonds. The quantitative estimate of drug-likeness (QED) is 0.247. The van der Waals surface area contributed by atoms with Gasteiger partial charge in [0.05, 0.1) is 34.6 Å². The van der Waals surface area contributed by atoms with E-state index in [2.05, 4.69) is 17.3 Å². The molecule has 3 fully saturated rings. The Morgan fingerprint density at radius 1 is 1.10 bits per heavy atom. The van der Waals surface area contributed by atoms with Crippen LogP contribution in [-0.2, 0) is 9.59 Å². The van der Waals surface area contributed by atoms with Gasteiger partial charge >= 0.3 is 0 Å². The van der Waals surface area contributed by atoms with Gasteiger partial charge in [0, 0.05) is 0 Å². The Morgan fingerprint density at radius 2 is 1.77 bits per heavy atom. The maximum Gasteiger partial charge on any atom is 0.283 e. The number of benzene rings is 1. The highest BCUT2D eigenvalue weighted by Gasteiger charge is 2.67. The van der Waals surface area contributed by atoms with Gasteiger partial charge in [0.1, 0.15) is 17.3 Å². The van der Waals surface area contributed by atoms with Crippen LogP contribution in [0, 0.1) is 51.4 Å².